The molecule has 0 saturated carbocycles. The average Bonchev–Trinajstić information content (AvgIpc) is 3.51. The highest BCUT2D eigenvalue weighted by atomic mass is 16.6. The largest absolute Gasteiger partial charge is 0.463 e. The second kappa shape index (κ2) is 31.1. The van der Waals surface area contributed by atoms with Crippen molar-refractivity contribution in [3.63, 3.8) is 0 Å². The average molecular weight is 762 g/mol. The fraction of sp³-hybridized carbons (Fsp3) is 0.659. The van der Waals surface area contributed by atoms with Crippen LogP contribution >= 0.6 is 0 Å². The second-order valence-corrected chi connectivity index (χ2v) is 12.5. The molecule has 0 saturated heterocycles. The monoisotopic (exact) mass is 761 g/mol. The Kier molecular flexibility index (Phi) is 26.1. The predicted octanol–water partition coefficient (Wildman–Crippen LogP) is 5.56. The van der Waals surface area contributed by atoms with E-state index in [1.807, 2.05) is 24.3 Å². The lowest BCUT2D eigenvalue weighted by Gasteiger charge is -2.14. The number of unbranched alkanes of at least 4 members (excludes halogenated alkanes) is 4. The van der Waals surface area contributed by atoms with Gasteiger partial charge >= 0.3 is 12.1 Å². The van der Waals surface area contributed by atoms with Gasteiger partial charge in [0.1, 0.15) is 13.2 Å². The van der Waals surface area contributed by atoms with Crippen molar-refractivity contribution in [3.05, 3.63) is 59.7 Å². The van der Waals surface area contributed by atoms with Crippen LogP contribution in [0.3, 0.4) is 0 Å². The van der Waals surface area contributed by atoms with Gasteiger partial charge in [-0.15, -0.1) is 0 Å². The molecule has 2 aromatic carbocycles. The number of hydrogen-bond donors (Lipinski definition) is 1. The molecule has 0 fully saturated rings. The summed E-state index contributed by atoms with van der Waals surface area (Å²) in [5, 5.41) is 2.74. The summed E-state index contributed by atoms with van der Waals surface area (Å²) in [4.78, 5) is 23.9. The third kappa shape index (κ3) is 20.5. The van der Waals surface area contributed by atoms with Crippen molar-refractivity contribution < 1.29 is 57.0 Å². The van der Waals surface area contributed by atoms with Crippen molar-refractivity contribution in [1.82, 2.24) is 5.32 Å². The van der Waals surface area contributed by atoms with E-state index in [4.69, 9.17) is 47.4 Å². The van der Waals surface area contributed by atoms with Gasteiger partial charge in [0.15, 0.2) is 0 Å². The zero-order valence-corrected chi connectivity index (χ0v) is 32.3. The molecule has 1 aliphatic rings. The number of esters is 1. The maximum Gasteiger partial charge on any atom is 0.407 e. The number of nitrogens with one attached hydrogen (secondary N) is 1. The first-order chi connectivity index (χ1) is 26.7. The quantitative estimate of drug-likeness (QED) is 0.0695. The Labute approximate surface area is 321 Å². The van der Waals surface area contributed by atoms with Crippen LogP contribution in [0.5, 0.6) is 0 Å². The minimum absolute atomic E-state index is 0.0354. The Morgan fingerprint density at radius 3 is 1.37 bits per heavy atom. The summed E-state index contributed by atoms with van der Waals surface area (Å²) in [5.74, 6) is -0.116. The molecule has 0 radical (unpaired) electrons. The molecule has 13 nitrogen and oxygen atoms in total. The zero-order chi connectivity index (χ0) is 38.2. The van der Waals surface area contributed by atoms with Gasteiger partial charge in [0.25, 0.3) is 0 Å². The molecule has 0 spiro atoms. The Morgan fingerprint density at radius 2 is 0.907 bits per heavy atom. The van der Waals surface area contributed by atoms with E-state index in [0.29, 0.717) is 119 Å². The molecule has 1 aliphatic carbocycles. The first-order valence-corrected chi connectivity index (χ1v) is 19.6. The van der Waals surface area contributed by atoms with E-state index in [9.17, 15) is 9.59 Å². The molecule has 0 aromatic heterocycles. The third-order valence-electron chi connectivity index (χ3n) is 8.44. The Bertz CT molecular complexity index is 1200. The van der Waals surface area contributed by atoms with Gasteiger partial charge in [-0.05, 0) is 28.7 Å². The first kappa shape index (κ1) is 45.3. The molecule has 1 N–H and O–H groups in total. The fourth-order valence-electron chi connectivity index (χ4n) is 5.68. The highest BCUT2D eigenvalue weighted by Crippen LogP contribution is 2.44. The number of carbonyl (C=O) groups is 2. The van der Waals surface area contributed by atoms with Crippen LogP contribution in [0.15, 0.2) is 48.5 Å². The summed E-state index contributed by atoms with van der Waals surface area (Å²) in [7, 11) is 0. The number of hydrogen-bond acceptors (Lipinski definition) is 12. The van der Waals surface area contributed by atoms with Crippen molar-refractivity contribution in [3.8, 4) is 11.1 Å². The minimum Gasteiger partial charge on any atom is -0.463 e. The van der Waals surface area contributed by atoms with Gasteiger partial charge in [0, 0.05) is 18.9 Å². The fourth-order valence-corrected chi connectivity index (χ4v) is 5.68. The topological polar surface area (TPSA) is 138 Å². The normalized spacial score (nSPS) is 12.1. The molecule has 1 amide bonds. The van der Waals surface area contributed by atoms with Crippen LogP contribution in [-0.2, 0) is 52.2 Å². The van der Waals surface area contributed by atoms with Crippen LogP contribution in [0.25, 0.3) is 11.1 Å². The number of fused-ring (bicyclic) bond motifs is 3. The molecule has 0 unspecified atom stereocenters. The van der Waals surface area contributed by atoms with Crippen LogP contribution in [0.4, 0.5) is 4.79 Å². The van der Waals surface area contributed by atoms with Crippen LogP contribution in [-0.4, -0.2) is 138 Å². The number of carbonyl (C=O) groups excluding carboxylic acids is 2. The van der Waals surface area contributed by atoms with Crippen LogP contribution < -0.4 is 5.32 Å². The number of ether oxygens (including phenoxy) is 10. The lowest BCUT2D eigenvalue weighted by molar-refractivity contribution is -0.145. The standard InChI is InChI=1S/C41H63NO12/c1-2-3-4-5-6-15-40(43)53-33-32-52-31-30-51-29-28-50-27-26-49-25-24-48-23-22-47-21-20-46-19-18-45-17-16-42-41(44)54-34-39-37-13-9-7-11-35(37)36-12-8-10-14-38(36)39/h7-14,39H,2-6,15-34H2,1H3,(H,42,44). The summed E-state index contributed by atoms with van der Waals surface area (Å²) >= 11 is 0. The number of amides is 1. The predicted molar refractivity (Wildman–Crippen MR) is 204 cm³/mol. The maximum absolute atomic E-state index is 12.2. The van der Waals surface area contributed by atoms with Gasteiger partial charge < -0.3 is 52.7 Å². The van der Waals surface area contributed by atoms with Crippen LogP contribution in [0.1, 0.15) is 62.5 Å². The molecule has 0 atom stereocenters. The SMILES string of the molecule is CCCCCCCC(=O)OCCOCCOCCOCCOCCOCCOCCOCCOCCNC(=O)OCC1c2ccccc2-c2ccccc21. The number of rotatable bonds is 35. The molecule has 54 heavy (non-hydrogen) atoms. The molecular weight excluding hydrogens is 698 g/mol. The second-order valence-electron chi connectivity index (χ2n) is 12.5. The smallest absolute Gasteiger partial charge is 0.407 e. The van der Waals surface area contributed by atoms with E-state index in [0.717, 1.165) is 12.8 Å². The van der Waals surface area contributed by atoms with Crippen LogP contribution in [0, 0.1) is 0 Å². The lowest BCUT2D eigenvalue weighted by Crippen LogP contribution is -2.29. The molecule has 0 aliphatic heterocycles. The van der Waals surface area contributed by atoms with Crippen LogP contribution in [0.2, 0.25) is 0 Å². The summed E-state index contributed by atoms with van der Waals surface area (Å²) in [6, 6.07) is 16.5. The molecule has 2 aromatic rings. The molecule has 13 heteroatoms. The Hall–Kier alpha value is -3.14. The molecule has 0 heterocycles. The molecular formula is C41H63NO12. The highest BCUT2D eigenvalue weighted by Gasteiger charge is 2.28. The van der Waals surface area contributed by atoms with Gasteiger partial charge in [-0.2, -0.15) is 0 Å². The van der Waals surface area contributed by atoms with Crippen molar-refractivity contribution in [1.29, 1.82) is 0 Å². The molecule has 0 bridgehead atoms. The zero-order valence-electron chi connectivity index (χ0n) is 32.3. The van der Waals surface area contributed by atoms with Gasteiger partial charge in [-0.25, -0.2) is 4.79 Å². The van der Waals surface area contributed by atoms with E-state index in [-0.39, 0.29) is 25.1 Å². The van der Waals surface area contributed by atoms with Gasteiger partial charge in [0.05, 0.1) is 106 Å². The van der Waals surface area contributed by atoms with Crippen molar-refractivity contribution in [2.75, 3.05) is 125 Å². The molecule has 304 valence electrons. The Morgan fingerprint density at radius 1 is 0.500 bits per heavy atom. The Balaban J connectivity index is 0.958. The summed E-state index contributed by atoms with van der Waals surface area (Å²) in [6.45, 7) is 10.4. The van der Waals surface area contributed by atoms with E-state index in [1.165, 1.54) is 41.5 Å². The molecule has 3 rings (SSSR count). The summed E-state index contributed by atoms with van der Waals surface area (Å²) < 4.78 is 54.6. The number of alkyl carbamates (subject to hydrolysis) is 1. The van der Waals surface area contributed by atoms with Gasteiger partial charge in [-0.3, -0.25) is 4.79 Å². The summed E-state index contributed by atoms with van der Waals surface area (Å²) in [6.07, 6.45) is 5.59. The number of benzene rings is 2. The first-order valence-electron chi connectivity index (χ1n) is 19.6. The highest BCUT2D eigenvalue weighted by molar-refractivity contribution is 5.79. The summed E-state index contributed by atoms with van der Waals surface area (Å²) in [5.41, 5.74) is 4.77. The van der Waals surface area contributed by atoms with E-state index in [1.54, 1.807) is 0 Å². The van der Waals surface area contributed by atoms with Gasteiger partial charge in [-0.1, -0.05) is 81.1 Å². The van der Waals surface area contributed by atoms with Crippen molar-refractivity contribution in [2.24, 2.45) is 0 Å². The van der Waals surface area contributed by atoms with Crippen molar-refractivity contribution in [2.45, 2.75) is 51.4 Å². The van der Waals surface area contributed by atoms with Gasteiger partial charge in [0.2, 0.25) is 0 Å². The van der Waals surface area contributed by atoms with Crippen molar-refractivity contribution >= 4 is 12.1 Å². The van der Waals surface area contributed by atoms with E-state index < -0.39 is 6.09 Å². The third-order valence-corrected chi connectivity index (χ3v) is 8.44. The minimum atomic E-state index is -0.454. The van der Waals surface area contributed by atoms with E-state index in [2.05, 4.69) is 36.5 Å². The van der Waals surface area contributed by atoms with E-state index >= 15 is 0 Å². The maximum atomic E-state index is 12.2. The lowest BCUT2D eigenvalue weighted by atomic mass is 9.98.